The molecule has 0 saturated heterocycles. The summed E-state index contributed by atoms with van der Waals surface area (Å²) in [6.07, 6.45) is -0.153. The molecule has 0 spiro atoms. The van der Waals surface area contributed by atoms with Gasteiger partial charge in [-0.2, -0.15) is 0 Å². The van der Waals surface area contributed by atoms with E-state index in [4.69, 9.17) is 27.9 Å². The van der Waals surface area contributed by atoms with Gasteiger partial charge < -0.3 is 10.1 Å². The second-order valence-electron chi connectivity index (χ2n) is 6.49. The molecule has 0 aliphatic carbocycles. The summed E-state index contributed by atoms with van der Waals surface area (Å²) in [6.45, 7) is 1.85. The summed E-state index contributed by atoms with van der Waals surface area (Å²) in [5, 5.41) is 5.65. The van der Waals surface area contributed by atoms with E-state index < -0.39 is 16.0 Å². The van der Waals surface area contributed by atoms with Crippen molar-refractivity contribution in [2.24, 2.45) is 0 Å². The summed E-state index contributed by atoms with van der Waals surface area (Å²) >= 11 is 13.2. The van der Waals surface area contributed by atoms with Crippen LogP contribution in [0.3, 0.4) is 0 Å². The van der Waals surface area contributed by atoms with Crippen molar-refractivity contribution in [3.05, 3.63) is 69.1 Å². The minimum atomic E-state index is -3.95. The highest BCUT2D eigenvalue weighted by atomic mass is 35.5. The Morgan fingerprint density at radius 1 is 1.13 bits per heavy atom. The van der Waals surface area contributed by atoms with Crippen LogP contribution in [0.1, 0.15) is 17.7 Å². The van der Waals surface area contributed by atoms with E-state index in [9.17, 15) is 13.2 Å². The number of hydrogen-bond acceptors (Lipinski definition) is 7. The molecular formula is C20H19Cl2N3O4S2. The molecule has 11 heteroatoms. The fourth-order valence-electron chi connectivity index (χ4n) is 2.52. The average molecular weight is 500 g/mol. The van der Waals surface area contributed by atoms with Crippen LogP contribution in [0.4, 0.5) is 10.8 Å². The summed E-state index contributed by atoms with van der Waals surface area (Å²) in [6, 6.07) is 12.3. The smallest absolute Gasteiger partial charge is 0.307 e. The molecule has 1 aromatic heterocycles. The minimum absolute atomic E-state index is 0.00107. The van der Waals surface area contributed by atoms with E-state index in [-0.39, 0.29) is 34.5 Å². The highest BCUT2D eigenvalue weighted by Gasteiger charge is 2.21. The number of nitrogens with zero attached hydrogens (tertiary/aromatic N) is 1. The average Bonchev–Trinajstić information content (AvgIpc) is 3.15. The maximum absolute atomic E-state index is 12.4. The summed E-state index contributed by atoms with van der Waals surface area (Å²) < 4.78 is 32.2. The molecule has 0 atom stereocenters. The van der Waals surface area contributed by atoms with Gasteiger partial charge in [-0.05, 0) is 31.2 Å². The van der Waals surface area contributed by atoms with Crippen LogP contribution in [0.15, 0.2) is 52.7 Å². The lowest BCUT2D eigenvalue weighted by molar-refractivity contribution is -0.144. The summed E-state index contributed by atoms with van der Waals surface area (Å²) in [7, 11) is -3.95. The first-order valence-corrected chi connectivity index (χ1v) is 12.2. The molecule has 0 radical (unpaired) electrons. The fourth-order valence-corrected chi connectivity index (χ4v) is 5.40. The molecule has 0 aliphatic heterocycles. The predicted molar refractivity (Wildman–Crippen MR) is 123 cm³/mol. The molecule has 0 aliphatic rings. The number of benzene rings is 2. The fraction of sp³-hybridized carbons (Fsp3) is 0.200. The largest absolute Gasteiger partial charge is 0.459 e. The Hall–Kier alpha value is -2.17. The number of nitrogens with one attached hydrogen (secondary N) is 2. The van der Waals surface area contributed by atoms with Gasteiger partial charge in [-0.15, -0.1) is 11.3 Å². The third-order valence-corrected chi connectivity index (χ3v) is 7.27. The second-order valence-corrected chi connectivity index (χ2v) is 9.87. The summed E-state index contributed by atoms with van der Waals surface area (Å²) in [5.41, 5.74) is 2.67. The molecule has 3 aromatic rings. The van der Waals surface area contributed by atoms with Gasteiger partial charge in [0.05, 0.1) is 22.2 Å². The Bertz CT molecular complexity index is 1150. The van der Waals surface area contributed by atoms with E-state index in [1.165, 1.54) is 23.5 Å². The van der Waals surface area contributed by atoms with Crippen molar-refractivity contribution in [3.8, 4) is 0 Å². The quantitative estimate of drug-likeness (QED) is 0.405. The van der Waals surface area contributed by atoms with Gasteiger partial charge in [0.2, 0.25) is 10.0 Å². The second kappa shape index (κ2) is 10.4. The van der Waals surface area contributed by atoms with Gasteiger partial charge in [0.15, 0.2) is 5.13 Å². The first kappa shape index (κ1) is 23.5. The number of hydrogen-bond donors (Lipinski definition) is 2. The third-order valence-electron chi connectivity index (χ3n) is 4.04. The van der Waals surface area contributed by atoms with E-state index in [0.717, 1.165) is 11.3 Å². The standard InChI is InChI=1S/C20H19Cl2N3O4S2/c1-13-5-7-14(8-6-13)24-20-25-15(12-30-20)11-29-18(26)9-10-23-31(27,28)19-16(21)3-2-4-17(19)22/h2-8,12,23H,9-11H2,1H3,(H,24,25). The SMILES string of the molecule is Cc1ccc(Nc2nc(COC(=O)CCNS(=O)(=O)c3c(Cl)cccc3Cl)cs2)cc1. The normalized spacial score (nSPS) is 11.3. The van der Waals surface area contributed by atoms with Crippen LogP contribution < -0.4 is 10.0 Å². The van der Waals surface area contributed by atoms with Crippen molar-refractivity contribution in [3.63, 3.8) is 0 Å². The highest BCUT2D eigenvalue weighted by molar-refractivity contribution is 7.89. The monoisotopic (exact) mass is 499 g/mol. The summed E-state index contributed by atoms with van der Waals surface area (Å²) in [4.78, 5) is 16.1. The van der Waals surface area contributed by atoms with Gasteiger partial charge in [-0.1, -0.05) is 47.0 Å². The Labute approximate surface area is 194 Å². The van der Waals surface area contributed by atoms with Crippen molar-refractivity contribution in [1.82, 2.24) is 9.71 Å². The molecule has 1 heterocycles. The number of ether oxygens (including phenoxy) is 1. The molecular weight excluding hydrogens is 481 g/mol. The zero-order chi connectivity index (χ0) is 22.4. The number of aromatic nitrogens is 1. The number of sulfonamides is 1. The molecule has 0 unspecified atom stereocenters. The van der Waals surface area contributed by atoms with Crippen molar-refractivity contribution >= 4 is 61.4 Å². The number of rotatable bonds is 9. The van der Waals surface area contributed by atoms with Crippen LogP contribution >= 0.6 is 34.5 Å². The Morgan fingerprint density at radius 3 is 2.48 bits per heavy atom. The number of anilines is 2. The molecule has 2 aromatic carbocycles. The predicted octanol–water partition coefficient (Wildman–Crippen LogP) is 4.91. The van der Waals surface area contributed by atoms with E-state index in [1.807, 2.05) is 31.2 Å². The van der Waals surface area contributed by atoms with Crippen molar-refractivity contribution in [2.75, 3.05) is 11.9 Å². The number of esters is 1. The molecule has 0 fully saturated rings. The van der Waals surface area contributed by atoms with E-state index >= 15 is 0 Å². The first-order chi connectivity index (χ1) is 14.7. The molecule has 7 nitrogen and oxygen atoms in total. The van der Waals surface area contributed by atoms with Crippen LogP contribution in [0.5, 0.6) is 0 Å². The number of aryl methyl sites for hydroxylation is 1. The zero-order valence-electron chi connectivity index (χ0n) is 16.4. The number of thiazole rings is 1. The molecule has 3 rings (SSSR count). The maximum atomic E-state index is 12.4. The van der Waals surface area contributed by atoms with Crippen LogP contribution in [-0.2, 0) is 26.2 Å². The van der Waals surface area contributed by atoms with Crippen molar-refractivity contribution in [2.45, 2.75) is 24.8 Å². The van der Waals surface area contributed by atoms with E-state index in [1.54, 1.807) is 11.4 Å². The van der Waals surface area contributed by atoms with Crippen LogP contribution in [0.25, 0.3) is 0 Å². The summed E-state index contributed by atoms with van der Waals surface area (Å²) in [5.74, 6) is -0.561. The van der Waals surface area contributed by atoms with Crippen molar-refractivity contribution in [1.29, 1.82) is 0 Å². The van der Waals surface area contributed by atoms with Crippen molar-refractivity contribution < 1.29 is 17.9 Å². The van der Waals surface area contributed by atoms with Gasteiger partial charge in [-0.3, -0.25) is 4.79 Å². The van der Waals surface area contributed by atoms with Gasteiger partial charge in [0.25, 0.3) is 0 Å². The van der Waals surface area contributed by atoms with Gasteiger partial charge in [0, 0.05) is 17.6 Å². The molecule has 0 saturated carbocycles. The Kier molecular flexibility index (Phi) is 7.90. The number of carbonyl (C=O) groups excluding carboxylic acids is 1. The zero-order valence-corrected chi connectivity index (χ0v) is 19.5. The number of carbonyl (C=O) groups is 1. The Balaban J connectivity index is 1.45. The number of halogens is 2. The van der Waals surface area contributed by atoms with Gasteiger partial charge in [0.1, 0.15) is 11.5 Å². The lowest BCUT2D eigenvalue weighted by atomic mass is 10.2. The third kappa shape index (κ3) is 6.65. The van der Waals surface area contributed by atoms with Gasteiger partial charge >= 0.3 is 5.97 Å². The molecule has 164 valence electrons. The molecule has 31 heavy (non-hydrogen) atoms. The topological polar surface area (TPSA) is 97.4 Å². The van der Waals surface area contributed by atoms with E-state index in [0.29, 0.717) is 10.8 Å². The minimum Gasteiger partial charge on any atom is -0.459 e. The molecule has 2 N–H and O–H groups in total. The molecule has 0 amide bonds. The lowest BCUT2D eigenvalue weighted by Gasteiger charge is -2.09. The van der Waals surface area contributed by atoms with Crippen LogP contribution in [-0.4, -0.2) is 25.9 Å². The molecule has 0 bridgehead atoms. The highest BCUT2D eigenvalue weighted by Crippen LogP contribution is 2.28. The van der Waals surface area contributed by atoms with Crippen LogP contribution in [0, 0.1) is 6.92 Å². The lowest BCUT2D eigenvalue weighted by Crippen LogP contribution is -2.27. The van der Waals surface area contributed by atoms with Crippen LogP contribution in [0.2, 0.25) is 10.0 Å². The Morgan fingerprint density at radius 2 is 1.81 bits per heavy atom. The van der Waals surface area contributed by atoms with E-state index in [2.05, 4.69) is 15.0 Å². The maximum Gasteiger partial charge on any atom is 0.307 e. The first-order valence-electron chi connectivity index (χ1n) is 9.12. The van der Waals surface area contributed by atoms with Gasteiger partial charge in [-0.25, -0.2) is 18.1 Å².